The van der Waals surface area contributed by atoms with E-state index in [1.165, 1.54) is 22.2 Å². The Morgan fingerprint density at radius 1 is 1.56 bits per heavy atom. The van der Waals surface area contributed by atoms with Crippen LogP contribution >= 0.6 is 27.3 Å². The lowest BCUT2D eigenvalue weighted by molar-refractivity contribution is 0.0764. The van der Waals surface area contributed by atoms with E-state index in [0.29, 0.717) is 6.04 Å². The van der Waals surface area contributed by atoms with Crippen LogP contribution in [0.2, 0.25) is 0 Å². The fraction of sp³-hybridized carbons (Fsp3) is 0.714. The Morgan fingerprint density at radius 2 is 2.33 bits per heavy atom. The molecule has 0 aromatic carbocycles. The maximum atomic E-state index is 3.72. The van der Waals surface area contributed by atoms with Gasteiger partial charge in [-0.3, -0.25) is 4.90 Å². The zero-order chi connectivity index (χ0) is 13.2. The first-order valence-electron chi connectivity index (χ1n) is 6.78. The van der Waals surface area contributed by atoms with Gasteiger partial charge in [-0.15, -0.1) is 11.3 Å². The number of halogens is 1. The second-order valence-electron chi connectivity index (χ2n) is 5.49. The van der Waals surface area contributed by atoms with Gasteiger partial charge in [0.25, 0.3) is 0 Å². The average molecular weight is 331 g/mol. The van der Waals surface area contributed by atoms with Crippen LogP contribution in [0.15, 0.2) is 15.9 Å². The van der Waals surface area contributed by atoms with Crippen LogP contribution in [0.1, 0.15) is 38.5 Å². The summed E-state index contributed by atoms with van der Waals surface area (Å²) >= 11 is 5.40. The van der Waals surface area contributed by atoms with Gasteiger partial charge >= 0.3 is 0 Å². The first kappa shape index (κ1) is 14.5. The second-order valence-corrected chi connectivity index (χ2v) is 7.40. The van der Waals surface area contributed by atoms with E-state index in [1.54, 1.807) is 0 Å². The largest absolute Gasteiger partial charge is 0.309 e. The van der Waals surface area contributed by atoms with Crippen LogP contribution in [0.4, 0.5) is 0 Å². The van der Waals surface area contributed by atoms with Crippen molar-refractivity contribution in [3.63, 3.8) is 0 Å². The Balaban J connectivity index is 2.06. The zero-order valence-electron chi connectivity index (χ0n) is 11.5. The molecule has 1 saturated heterocycles. The average Bonchev–Trinajstić information content (AvgIpc) is 2.75. The van der Waals surface area contributed by atoms with E-state index in [0.717, 1.165) is 19.6 Å². The van der Waals surface area contributed by atoms with E-state index in [4.69, 9.17) is 0 Å². The molecule has 1 fully saturated rings. The van der Waals surface area contributed by atoms with Crippen LogP contribution in [0, 0.1) is 0 Å². The van der Waals surface area contributed by atoms with E-state index in [9.17, 15) is 0 Å². The first-order chi connectivity index (χ1) is 8.56. The summed E-state index contributed by atoms with van der Waals surface area (Å²) in [4.78, 5) is 4.11. The number of nitrogens with one attached hydrogen (secondary N) is 1. The van der Waals surface area contributed by atoms with Gasteiger partial charge in [0.15, 0.2) is 0 Å². The topological polar surface area (TPSA) is 15.3 Å². The first-order valence-corrected chi connectivity index (χ1v) is 8.45. The molecular formula is C14H23BrN2S. The fourth-order valence-electron chi connectivity index (χ4n) is 2.59. The molecular weight excluding hydrogens is 308 g/mol. The minimum atomic E-state index is 0.278. The van der Waals surface area contributed by atoms with Crippen LogP contribution in [0.3, 0.4) is 0 Å². The van der Waals surface area contributed by atoms with Crippen LogP contribution in [-0.2, 0) is 6.54 Å². The smallest absolute Gasteiger partial charge is 0.0332 e. The van der Waals surface area contributed by atoms with Crippen molar-refractivity contribution in [2.24, 2.45) is 0 Å². The Kier molecular flexibility index (Phi) is 4.86. The van der Waals surface area contributed by atoms with Crippen molar-refractivity contribution < 1.29 is 0 Å². The minimum Gasteiger partial charge on any atom is -0.309 e. The van der Waals surface area contributed by atoms with E-state index in [1.807, 2.05) is 11.3 Å². The SMILES string of the molecule is CCC1CNC(C)(CC)CN1Cc1cc(Br)cs1. The van der Waals surface area contributed by atoms with Gasteiger partial charge in [0.2, 0.25) is 0 Å². The molecule has 1 aliphatic heterocycles. The van der Waals surface area contributed by atoms with Crippen molar-refractivity contribution in [3.05, 3.63) is 20.8 Å². The highest BCUT2D eigenvalue weighted by Gasteiger charge is 2.33. The predicted octanol–water partition coefficient (Wildman–Crippen LogP) is 3.86. The van der Waals surface area contributed by atoms with Gasteiger partial charge in [-0.1, -0.05) is 13.8 Å². The molecule has 2 unspecified atom stereocenters. The monoisotopic (exact) mass is 330 g/mol. The standard InChI is InChI=1S/C14H23BrN2S/c1-4-12-7-16-14(3,5-2)10-17(12)8-13-6-11(15)9-18-13/h6,9,12,16H,4-5,7-8,10H2,1-3H3. The molecule has 0 bridgehead atoms. The Labute approximate surface area is 123 Å². The summed E-state index contributed by atoms with van der Waals surface area (Å²) in [7, 11) is 0. The van der Waals surface area contributed by atoms with Crippen LogP contribution in [0.25, 0.3) is 0 Å². The van der Waals surface area contributed by atoms with Crippen LogP contribution in [-0.4, -0.2) is 29.6 Å². The van der Waals surface area contributed by atoms with Crippen molar-refractivity contribution in [1.29, 1.82) is 0 Å². The van der Waals surface area contributed by atoms with Gasteiger partial charge in [-0.05, 0) is 41.8 Å². The van der Waals surface area contributed by atoms with E-state index < -0.39 is 0 Å². The molecule has 1 aliphatic rings. The van der Waals surface area contributed by atoms with Crippen LogP contribution in [0.5, 0.6) is 0 Å². The lowest BCUT2D eigenvalue weighted by Gasteiger charge is -2.45. The van der Waals surface area contributed by atoms with Crippen LogP contribution < -0.4 is 5.32 Å². The molecule has 18 heavy (non-hydrogen) atoms. The van der Waals surface area contributed by atoms with Crippen molar-refractivity contribution in [2.45, 2.75) is 51.7 Å². The Hall–Kier alpha value is 0.1000. The molecule has 2 nitrogen and oxygen atoms in total. The molecule has 0 amide bonds. The van der Waals surface area contributed by atoms with Crippen molar-refractivity contribution in [2.75, 3.05) is 13.1 Å². The zero-order valence-corrected chi connectivity index (χ0v) is 13.9. The summed E-state index contributed by atoms with van der Waals surface area (Å²) in [5.74, 6) is 0. The Bertz CT molecular complexity index is 393. The van der Waals surface area contributed by atoms with E-state index in [2.05, 4.69) is 58.4 Å². The molecule has 1 N–H and O–H groups in total. The number of rotatable bonds is 4. The van der Waals surface area contributed by atoms with E-state index >= 15 is 0 Å². The molecule has 4 heteroatoms. The minimum absolute atomic E-state index is 0.278. The summed E-state index contributed by atoms with van der Waals surface area (Å²) < 4.78 is 1.21. The third kappa shape index (κ3) is 3.35. The highest BCUT2D eigenvalue weighted by molar-refractivity contribution is 9.10. The molecule has 2 heterocycles. The molecule has 0 radical (unpaired) electrons. The van der Waals surface area contributed by atoms with Gasteiger partial charge in [0.05, 0.1) is 0 Å². The van der Waals surface area contributed by atoms with Gasteiger partial charge in [-0.25, -0.2) is 0 Å². The lowest BCUT2D eigenvalue weighted by Crippen LogP contribution is -2.62. The van der Waals surface area contributed by atoms with Gasteiger partial charge in [0, 0.05) is 45.9 Å². The second kappa shape index (κ2) is 6.04. The van der Waals surface area contributed by atoms with Crippen molar-refractivity contribution in [1.82, 2.24) is 10.2 Å². The molecule has 102 valence electrons. The summed E-state index contributed by atoms with van der Waals surface area (Å²) in [6, 6.07) is 2.92. The van der Waals surface area contributed by atoms with Crippen molar-refractivity contribution in [3.8, 4) is 0 Å². The molecule has 0 spiro atoms. The predicted molar refractivity (Wildman–Crippen MR) is 83.2 cm³/mol. The summed E-state index contributed by atoms with van der Waals surface area (Å²) in [6.07, 6.45) is 2.41. The molecule has 0 aliphatic carbocycles. The quantitative estimate of drug-likeness (QED) is 0.901. The summed E-state index contributed by atoms with van der Waals surface area (Å²) in [5.41, 5.74) is 0.278. The third-order valence-corrected chi connectivity index (χ3v) is 5.75. The van der Waals surface area contributed by atoms with Gasteiger partial charge in [0.1, 0.15) is 0 Å². The number of piperazine rings is 1. The normalized spacial score (nSPS) is 29.7. The van der Waals surface area contributed by atoms with Crippen molar-refractivity contribution >= 4 is 27.3 Å². The molecule has 2 rings (SSSR count). The summed E-state index contributed by atoms with van der Waals surface area (Å²) in [6.45, 7) is 10.3. The summed E-state index contributed by atoms with van der Waals surface area (Å²) in [5, 5.41) is 5.90. The number of hydrogen-bond donors (Lipinski definition) is 1. The molecule has 1 aromatic heterocycles. The van der Waals surface area contributed by atoms with Gasteiger partial charge in [-0.2, -0.15) is 0 Å². The maximum Gasteiger partial charge on any atom is 0.0332 e. The lowest BCUT2D eigenvalue weighted by atomic mass is 9.93. The van der Waals surface area contributed by atoms with Gasteiger partial charge < -0.3 is 5.32 Å². The number of nitrogens with zero attached hydrogens (tertiary/aromatic N) is 1. The Morgan fingerprint density at radius 3 is 2.89 bits per heavy atom. The molecule has 0 saturated carbocycles. The number of hydrogen-bond acceptors (Lipinski definition) is 3. The molecule has 1 aromatic rings. The highest BCUT2D eigenvalue weighted by Crippen LogP contribution is 2.26. The third-order valence-electron chi connectivity index (χ3n) is 4.07. The van der Waals surface area contributed by atoms with E-state index in [-0.39, 0.29) is 5.54 Å². The highest BCUT2D eigenvalue weighted by atomic mass is 79.9. The fourth-order valence-corrected chi connectivity index (χ4v) is 4.06. The molecule has 2 atom stereocenters. The number of thiophene rings is 1. The maximum absolute atomic E-state index is 3.72.